The highest BCUT2D eigenvalue weighted by Gasteiger charge is 1.95. The van der Waals surface area contributed by atoms with Crippen LogP contribution in [0.25, 0.3) is 0 Å². The minimum Gasteiger partial charge on any atom is -0.494 e. The van der Waals surface area contributed by atoms with Gasteiger partial charge in [0.15, 0.2) is 5.96 Å². The van der Waals surface area contributed by atoms with Gasteiger partial charge in [0.05, 0.1) is 6.61 Å². The van der Waals surface area contributed by atoms with Gasteiger partial charge in [-0.3, -0.25) is 4.99 Å². The molecule has 0 fully saturated rings. The van der Waals surface area contributed by atoms with E-state index in [1.54, 1.807) is 0 Å². The van der Waals surface area contributed by atoms with Crippen LogP contribution in [0, 0.1) is 6.92 Å². The minimum absolute atomic E-state index is 0. The summed E-state index contributed by atoms with van der Waals surface area (Å²) in [5.74, 6) is 1.74. The Bertz CT molecular complexity index is 418. The number of hydrogen-bond acceptors (Lipinski definition) is 2. The summed E-state index contributed by atoms with van der Waals surface area (Å²) in [6.45, 7) is 10.8. The summed E-state index contributed by atoms with van der Waals surface area (Å²) >= 11 is 0. The zero-order chi connectivity index (χ0) is 14.6. The standard InChI is InChI=1S/C16H25N3O.HI/c1-4-11-18-16(17-5-2)19-12-6-13-20-15-9-7-14(3)8-10-15;/h4,7-10H,1,5-6,11-13H2,2-3H3,(H2,17,18,19);1H. The molecule has 0 atom stereocenters. The summed E-state index contributed by atoms with van der Waals surface area (Å²) in [5, 5.41) is 6.35. The van der Waals surface area contributed by atoms with Crippen LogP contribution in [0.15, 0.2) is 41.9 Å². The molecular formula is C16H26IN3O. The fourth-order valence-electron chi connectivity index (χ4n) is 1.59. The van der Waals surface area contributed by atoms with Crippen LogP contribution in [0.4, 0.5) is 0 Å². The number of ether oxygens (including phenoxy) is 1. The molecule has 1 aromatic rings. The lowest BCUT2D eigenvalue weighted by atomic mass is 10.2. The quantitative estimate of drug-likeness (QED) is 0.231. The van der Waals surface area contributed by atoms with Crippen molar-refractivity contribution in [3.8, 4) is 5.75 Å². The van der Waals surface area contributed by atoms with Gasteiger partial charge < -0.3 is 15.4 Å². The molecule has 2 N–H and O–H groups in total. The largest absolute Gasteiger partial charge is 0.494 e. The van der Waals surface area contributed by atoms with Crippen molar-refractivity contribution in [3.05, 3.63) is 42.5 Å². The van der Waals surface area contributed by atoms with Crippen LogP contribution in [-0.4, -0.2) is 32.2 Å². The van der Waals surface area contributed by atoms with Crippen LogP contribution in [0.1, 0.15) is 18.9 Å². The molecule has 1 rings (SSSR count). The van der Waals surface area contributed by atoms with Gasteiger partial charge in [0.1, 0.15) is 5.75 Å². The topological polar surface area (TPSA) is 45.7 Å². The van der Waals surface area contributed by atoms with Crippen molar-refractivity contribution < 1.29 is 4.74 Å². The lowest BCUT2D eigenvalue weighted by molar-refractivity contribution is 0.313. The average molecular weight is 403 g/mol. The van der Waals surface area contributed by atoms with Gasteiger partial charge in [-0.15, -0.1) is 30.6 Å². The van der Waals surface area contributed by atoms with Crippen LogP contribution in [0.2, 0.25) is 0 Å². The number of benzene rings is 1. The average Bonchev–Trinajstić information content (AvgIpc) is 2.46. The normalized spacial score (nSPS) is 10.5. The third-order valence-electron chi connectivity index (χ3n) is 2.62. The molecule has 5 heteroatoms. The Morgan fingerprint density at radius 3 is 2.62 bits per heavy atom. The van der Waals surface area contributed by atoms with E-state index in [0.29, 0.717) is 13.2 Å². The van der Waals surface area contributed by atoms with E-state index in [9.17, 15) is 0 Å². The highest BCUT2D eigenvalue weighted by molar-refractivity contribution is 14.0. The van der Waals surface area contributed by atoms with E-state index in [2.05, 4.69) is 41.3 Å². The van der Waals surface area contributed by atoms with Crippen molar-refractivity contribution in [2.45, 2.75) is 20.3 Å². The van der Waals surface area contributed by atoms with Crippen molar-refractivity contribution >= 4 is 29.9 Å². The highest BCUT2D eigenvalue weighted by Crippen LogP contribution is 2.11. The molecule has 1 aromatic carbocycles. The van der Waals surface area contributed by atoms with Crippen molar-refractivity contribution in [3.63, 3.8) is 0 Å². The van der Waals surface area contributed by atoms with Gasteiger partial charge in [-0.2, -0.15) is 0 Å². The SMILES string of the molecule is C=CCNC(=NCCCOc1ccc(C)cc1)NCC.I. The maximum absolute atomic E-state index is 5.66. The maximum Gasteiger partial charge on any atom is 0.191 e. The molecule has 0 unspecified atom stereocenters. The second-order valence-electron chi connectivity index (χ2n) is 4.45. The fraction of sp³-hybridized carbons (Fsp3) is 0.438. The molecule has 0 spiro atoms. The third kappa shape index (κ3) is 9.33. The molecule has 0 saturated carbocycles. The zero-order valence-electron chi connectivity index (χ0n) is 12.9. The summed E-state index contributed by atoms with van der Waals surface area (Å²) < 4.78 is 5.66. The number of aliphatic imine (C=N–C) groups is 1. The summed E-state index contributed by atoms with van der Waals surface area (Å²) in [5.41, 5.74) is 1.24. The van der Waals surface area contributed by atoms with Gasteiger partial charge in [-0.25, -0.2) is 0 Å². The predicted molar refractivity (Wildman–Crippen MR) is 101 cm³/mol. The zero-order valence-corrected chi connectivity index (χ0v) is 15.2. The lowest BCUT2D eigenvalue weighted by Gasteiger charge is -2.09. The molecule has 0 aromatic heterocycles. The molecular weight excluding hydrogens is 377 g/mol. The summed E-state index contributed by atoms with van der Waals surface area (Å²) in [6.07, 6.45) is 2.70. The van der Waals surface area contributed by atoms with Crippen molar-refractivity contribution in [1.82, 2.24) is 10.6 Å². The van der Waals surface area contributed by atoms with Gasteiger partial charge >= 0.3 is 0 Å². The Morgan fingerprint density at radius 1 is 1.29 bits per heavy atom. The first-order valence-corrected chi connectivity index (χ1v) is 7.08. The third-order valence-corrected chi connectivity index (χ3v) is 2.62. The van der Waals surface area contributed by atoms with E-state index >= 15 is 0 Å². The Kier molecular flexibility index (Phi) is 11.8. The predicted octanol–water partition coefficient (Wildman–Crippen LogP) is 3.12. The first kappa shape index (κ1) is 19.8. The smallest absolute Gasteiger partial charge is 0.191 e. The Labute approximate surface area is 145 Å². The van der Waals surface area contributed by atoms with E-state index in [-0.39, 0.29) is 24.0 Å². The van der Waals surface area contributed by atoms with Gasteiger partial charge in [0, 0.05) is 26.1 Å². The van der Waals surface area contributed by atoms with Gasteiger partial charge in [-0.05, 0) is 26.0 Å². The number of nitrogens with zero attached hydrogens (tertiary/aromatic N) is 1. The van der Waals surface area contributed by atoms with Gasteiger partial charge in [-0.1, -0.05) is 23.8 Å². The summed E-state index contributed by atoms with van der Waals surface area (Å²) in [4.78, 5) is 4.46. The van der Waals surface area contributed by atoms with E-state index in [1.807, 2.05) is 25.1 Å². The lowest BCUT2D eigenvalue weighted by Crippen LogP contribution is -2.37. The van der Waals surface area contributed by atoms with E-state index in [4.69, 9.17) is 4.74 Å². The van der Waals surface area contributed by atoms with Crippen LogP contribution in [-0.2, 0) is 0 Å². The molecule has 0 bridgehead atoms. The molecule has 0 aliphatic heterocycles. The van der Waals surface area contributed by atoms with Crippen molar-refractivity contribution in [2.75, 3.05) is 26.2 Å². The van der Waals surface area contributed by atoms with E-state index in [1.165, 1.54) is 5.56 Å². The molecule has 21 heavy (non-hydrogen) atoms. The molecule has 0 aliphatic rings. The molecule has 0 aliphatic carbocycles. The second kappa shape index (κ2) is 12.5. The molecule has 0 radical (unpaired) electrons. The van der Waals surface area contributed by atoms with Gasteiger partial charge in [0.25, 0.3) is 0 Å². The van der Waals surface area contributed by atoms with E-state index < -0.39 is 0 Å². The Balaban J connectivity index is 0.00000400. The number of guanidine groups is 1. The Morgan fingerprint density at radius 2 is 2.00 bits per heavy atom. The number of hydrogen-bond donors (Lipinski definition) is 2. The number of nitrogens with one attached hydrogen (secondary N) is 2. The van der Waals surface area contributed by atoms with Crippen LogP contribution in [0.5, 0.6) is 5.75 Å². The number of aryl methyl sites for hydroxylation is 1. The van der Waals surface area contributed by atoms with Crippen molar-refractivity contribution in [1.29, 1.82) is 0 Å². The molecule has 118 valence electrons. The molecule has 4 nitrogen and oxygen atoms in total. The number of rotatable bonds is 8. The minimum atomic E-state index is 0. The summed E-state index contributed by atoms with van der Waals surface area (Å²) in [7, 11) is 0. The first-order chi connectivity index (χ1) is 9.76. The van der Waals surface area contributed by atoms with E-state index in [0.717, 1.165) is 31.2 Å². The first-order valence-electron chi connectivity index (χ1n) is 7.08. The molecule has 0 amide bonds. The van der Waals surface area contributed by atoms with Crippen LogP contribution >= 0.6 is 24.0 Å². The second-order valence-corrected chi connectivity index (χ2v) is 4.45. The van der Waals surface area contributed by atoms with Crippen LogP contribution in [0.3, 0.4) is 0 Å². The fourth-order valence-corrected chi connectivity index (χ4v) is 1.59. The number of halogens is 1. The highest BCUT2D eigenvalue weighted by atomic mass is 127. The van der Waals surface area contributed by atoms with Crippen molar-refractivity contribution in [2.24, 2.45) is 4.99 Å². The molecule has 0 saturated heterocycles. The van der Waals surface area contributed by atoms with Gasteiger partial charge in [0.2, 0.25) is 0 Å². The summed E-state index contributed by atoms with van der Waals surface area (Å²) in [6, 6.07) is 8.09. The maximum atomic E-state index is 5.66. The Hall–Kier alpha value is -1.24. The monoisotopic (exact) mass is 403 g/mol. The molecule has 0 heterocycles. The van der Waals surface area contributed by atoms with Crippen LogP contribution < -0.4 is 15.4 Å².